The van der Waals surface area contributed by atoms with Crippen LogP contribution in [0.5, 0.6) is 0 Å². The molecule has 0 saturated carbocycles. The van der Waals surface area contributed by atoms with E-state index in [0.717, 1.165) is 17.1 Å². The number of hydrogen-bond acceptors (Lipinski definition) is 3. The molecular formula is C13H16N2O. The summed E-state index contributed by atoms with van der Waals surface area (Å²) < 4.78 is 5.44. The molecule has 1 unspecified atom stereocenters. The van der Waals surface area contributed by atoms with Crippen molar-refractivity contribution in [1.82, 2.24) is 4.98 Å². The lowest BCUT2D eigenvalue weighted by Gasteiger charge is -2.13. The molecule has 3 nitrogen and oxygen atoms in total. The Bertz CT molecular complexity index is 476. The summed E-state index contributed by atoms with van der Waals surface area (Å²) in [6.07, 6.45) is 3.52. The van der Waals surface area contributed by atoms with Crippen molar-refractivity contribution in [3.8, 4) is 0 Å². The van der Waals surface area contributed by atoms with Crippen molar-refractivity contribution in [3.05, 3.63) is 47.5 Å². The van der Waals surface area contributed by atoms with E-state index in [1.165, 1.54) is 5.56 Å². The van der Waals surface area contributed by atoms with Gasteiger partial charge in [-0.05, 0) is 50.1 Å². The molecule has 3 heteroatoms. The first-order valence-electron chi connectivity index (χ1n) is 5.40. The van der Waals surface area contributed by atoms with Gasteiger partial charge in [0.1, 0.15) is 11.6 Å². The van der Waals surface area contributed by atoms with Crippen LogP contribution in [0.25, 0.3) is 0 Å². The molecule has 84 valence electrons. The lowest BCUT2D eigenvalue weighted by Crippen LogP contribution is -2.08. The molecule has 0 aromatic carbocycles. The topological polar surface area (TPSA) is 38.1 Å². The number of hydrogen-bond donors (Lipinski definition) is 1. The Kier molecular flexibility index (Phi) is 2.95. The number of rotatable bonds is 3. The zero-order valence-corrected chi connectivity index (χ0v) is 9.82. The second kappa shape index (κ2) is 4.39. The van der Waals surface area contributed by atoms with Gasteiger partial charge in [-0.15, -0.1) is 0 Å². The van der Waals surface area contributed by atoms with E-state index in [9.17, 15) is 0 Å². The number of nitrogens with zero attached hydrogens (tertiary/aromatic N) is 1. The van der Waals surface area contributed by atoms with Crippen LogP contribution >= 0.6 is 0 Å². The fourth-order valence-corrected chi connectivity index (χ4v) is 1.73. The molecule has 0 aliphatic carbocycles. The van der Waals surface area contributed by atoms with Crippen LogP contribution in [0.1, 0.15) is 29.9 Å². The summed E-state index contributed by atoms with van der Waals surface area (Å²) in [5, 5.41) is 3.32. The standard InChI is InChI=1S/C13H16N2O/c1-9-4-6-14-12(8-9)15-11(3)13-10(2)5-7-16-13/h4-8,11H,1-3H3,(H,14,15). The summed E-state index contributed by atoms with van der Waals surface area (Å²) in [4.78, 5) is 4.27. The Morgan fingerprint density at radius 2 is 2.12 bits per heavy atom. The van der Waals surface area contributed by atoms with E-state index in [-0.39, 0.29) is 6.04 Å². The molecule has 0 amide bonds. The van der Waals surface area contributed by atoms with Crippen molar-refractivity contribution in [2.24, 2.45) is 0 Å². The van der Waals surface area contributed by atoms with Crippen LogP contribution in [-0.2, 0) is 0 Å². The summed E-state index contributed by atoms with van der Waals surface area (Å²) in [6, 6.07) is 6.10. The molecule has 1 atom stereocenters. The maximum atomic E-state index is 5.44. The first-order chi connectivity index (χ1) is 7.66. The van der Waals surface area contributed by atoms with Gasteiger partial charge in [0.15, 0.2) is 0 Å². The highest BCUT2D eigenvalue weighted by atomic mass is 16.3. The van der Waals surface area contributed by atoms with Gasteiger partial charge in [0.05, 0.1) is 12.3 Å². The largest absolute Gasteiger partial charge is 0.467 e. The smallest absolute Gasteiger partial charge is 0.128 e. The molecule has 16 heavy (non-hydrogen) atoms. The minimum atomic E-state index is 0.129. The molecule has 0 saturated heterocycles. The van der Waals surface area contributed by atoms with E-state index in [1.807, 2.05) is 25.1 Å². The van der Waals surface area contributed by atoms with E-state index >= 15 is 0 Å². The number of aryl methyl sites for hydroxylation is 2. The number of pyridine rings is 1. The van der Waals surface area contributed by atoms with Gasteiger partial charge in [0.25, 0.3) is 0 Å². The Hall–Kier alpha value is -1.77. The van der Waals surface area contributed by atoms with Crippen molar-refractivity contribution in [1.29, 1.82) is 0 Å². The van der Waals surface area contributed by atoms with Crippen molar-refractivity contribution >= 4 is 5.82 Å². The highest BCUT2D eigenvalue weighted by Gasteiger charge is 2.11. The third-order valence-electron chi connectivity index (χ3n) is 2.57. The Morgan fingerprint density at radius 3 is 2.75 bits per heavy atom. The second-order valence-corrected chi connectivity index (χ2v) is 4.05. The molecule has 0 spiro atoms. The molecule has 0 aliphatic rings. The summed E-state index contributed by atoms with van der Waals surface area (Å²) in [5.41, 5.74) is 2.36. The maximum Gasteiger partial charge on any atom is 0.128 e. The van der Waals surface area contributed by atoms with Gasteiger partial charge < -0.3 is 9.73 Å². The summed E-state index contributed by atoms with van der Waals surface area (Å²) in [7, 11) is 0. The number of aromatic nitrogens is 1. The number of furan rings is 1. The van der Waals surface area contributed by atoms with E-state index in [2.05, 4.69) is 24.1 Å². The average Bonchev–Trinajstić information content (AvgIpc) is 2.64. The Morgan fingerprint density at radius 1 is 1.31 bits per heavy atom. The minimum Gasteiger partial charge on any atom is -0.467 e. The summed E-state index contributed by atoms with van der Waals surface area (Å²) >= 11 is 0. The van der Waals surface area contributed by atoms with Crippen LogP contribution in [0.15, 0.2) is 35.1 Å². The van der Waals surface area contributed by atoms with E-state index in [1.54, 1.807) is 12.5 Å². The average molecular weight is 216 g/mol. The van der Waals surface area contributed by atoms with Gasteiger partial charge in [-0.25, -0.2) is 4.98 Å². The third-order valence-corrected chi connectivity index (χ3v) is 2.57. The molecule has 1 N–H and O–H groups in total. The molecule has 2 aromatic rings. The van der Waals surface area contributed by atoms with Crippen molar-refractivity contribution in [2.45, 2.75) is 26.8 Å². The second-order valence-electron chi connectivity index (χ2n) is 4.05. The Labute approximate surface area is 95.5 Å². The number of nitrogens with one attached hydrogen (secondary N) is 1. The van der Waals surface area contributed by atoms with Gasteiger partial charge in [0, 0.05) is 6.20 Å². The fourth-order valence-electron chi connectivity index (χ4n) is 1.73. The van der Waals surface area contributed by atoms with E-state index in [4.69, 9.17) is 4.42 Å². The fraction of sp³-hybridized carbons (Fsp3) is 0.308. The summed E-state index contributed by atoms with van der Waals surface area (Å²) in [5.74, 6) is 1.84. The molecule has 2 heterocycles. The minimum absolute atomic E-state index is 0.129. The maximum absolute atomic E-state index is 5.44. The first-order valence-corrected chi connectivity index (χ1v) is 5.40. The predicted molar refractivity (Wildman–Crippen MR) is 64.5 cm³/mol. The van der Waals surface area contributed by atoms with E-state index in [0.29, 0.717) is 0 Å². The van der Waals surface area contributed by atoms with Crippen molar-refractivity contribution in [3.63, 3.8) is 0 Å². The van der Waals surface area contributed by atoms with Crippen molar-refractivity contribution in [2.75, 3.05) is 5.32 Å². The molecule has 0 radical (unpaired) electrons. The predicted octanol–water partition coefficient (Wildman–Crippen LogP) is 3.46. The lowest BCUT2D eigenvalue weighted by molar-refractivity contribution is 0.487. The van der Waals surface area contributed by atoms with Crippen LogP contribution < -0.4 is 5.32 Å². The van der Waals surface area contributed by atoms with Gasteiger partial charge in [-0.3, -0.25) is 0 Å². The van der Waals surface area contributed by atoms with Gasteiger partial charge >= 0.3 is 0 Å². The first kappa shape index (κ1) is 10.7. The zero-order chi connectivity index (χ0) is 11.5. The van der Waals surface area contributed by atoms with Gasteiger partial charge in [-0.1, -0.05) is 0 Å². The van der Waals surface area contributed by atoms with E-state index < -0.39 is 0 Å². The van der Waals surface area contributed by atoms with Crippen LogP contribution in [-0.4, -0.2) is 4.98 Å². The SMILES string of the molecule is Cc1ccnc(NC(C)c2occc2C)c1. The highest BCUT2D eigenvalue weighted by molar-refractivity contribution is 5.39. The third kappa shape index (κ3) is 2.24. The quantitative estimate of drug-likeness (QED) is 0.853. The van der Waals surface area contributed by atoms with Crippen LogP contribution in [0.2, 0.25) is 0 Å². The zero-order valence-electron chi connectivity index (χ0n) is 9.82. The number of anilines is 1. The highest BCUT2D eigenvalue weighted by Crippen LogP contribution is 2.21. The van der Waals surface area contributed by atoms with Crippen LogP contribution in [0, 0.1) is 13.8 Å². The summed E-state index contributed by atoms with van der Waals surface area (Å²) in [6.45, 7) is 6.16. The molecule has 2 rings (SSSR count). The molecule has 0 bridgehead atoms. The van der Waals surface area contributed by atoms with Crippen molar-refractivity contribution < 1.29 is 4.42 Å². The van der Waals surface area contributed by atoms with Crippen LogP contribution in [0.3, 0.4) is 0 Å². The lowest BCUT2D eigenvalue weighted by atomic mass is 10.2. The normalized spacial score (nSPS) is 12.4. The monoisotopic (exact) mass is 216 g/mol. The van der Waals surface area contributed by atoms with Crippen LogP contribution in [0.4, 0.5) is 5.82 Å². The van der Waals surface area contributed by atoms with Gasteiger partial charge in [0.2, 0.25) is 0 Å². The Balaban J connectivity index is 2.14. The van der Waals surface area contributed by atoms with Gasteiger partial charge in [-0.2, -0.15) is 0 Å². The molecule has 0 aliphatic heterocycles. The molecular weight excluding hydrogens is 200 g/mol. The molecule has 2 aromatic heterocycles. The molecule has 0 fully saturated rings.